The Hall–Kier alpha value is -3.53. The van der Waals surface area contributed by atoms with Crippen molar-refractivity contribution in [2.75, 3.05) is 47.5 Å². The fourth-order valence-electron chi connectivity index (χ4n) is 8.07. The fraction of sp³-hybridized carbons (Fsp3) is 0.734. The monoisotopic (exact) mass is 1020 g/mol. The van der Waals surface area contributed by atoms with Crippen molar-refractivity contribution in [1.29, 1.82) is 0 Å². The Morgan fingerprint density at radius 1 is 0.425 bits per heavy atom. The van der Waals surface area contributed by atoms with E-state index in [1.807, 2.05) is 21.1 Å². The molecule has 73 heavy (non-hydrogen) atoms. The van der Waals surface area contributed by atoms with Crippen LogP contribution in [0.25, 0.3) is 0 Å². The number of carbonyl (C=O) groups is 3. The number of likely N-dealkylation sites (N-methyl/N-ethyl adjacent to an activating group) is 1. The molecule has 0 aromatic rings. The standard InChI is InChI=1S/C64H111NO8/c1-6-8-10-12-14-16-18-20-22-24-26-28-30-31-33-34-36-38-40-42-44-46-48-50-52-54-61(66)71-58-60(59-72-64(63(68)69)70-57-56-65(3,4)5)73-62(67)55-53-51-49-47-45-43-41-39-37-35-32-29-27-25-23-21-19-17-15-13-11-9-7-2/h9,11,15,17,21,23-24,26-27,29,35,37,41,43,60,64H,6-8,10,12-14,16,18-20,22,25,28,30-34,36,38-40,42,44-59H2,1-5H3/p+1/b11-9-,17-15-,23-21-,26-24-,29-27-,37-35-,43-41-. The van der Waals surface area contributed by atoms with Gasteiger partial charge in [-0.15, -0.1) is 0 Å². The van der Waals surface area contributed by atoms with Gasteiger partial charge in [0.1, 0.15) is 13.2 Å². The highest BCUT2D eigenvalue weighted by Crippen LogP contribution is 2.16. The third-order valence-electron chi connectivity index (χ3n) is 12.6. The molecule has 0 saturated heterocycles. The molecule has 420 valence electrons. The molecule has 0 amide bonds. The minimum atomic E-state index is -1.52. The number of esters is 2. The third-order valence-corrected chi connectivity index (χ3v) is 12.6. The molecule has 0 aliphatic heterocycles. The summed E-state index contributed by atoms with van der Waals surface area (Å²) in [6, 6.07) is 0. The first-order chi connectivity index (χ1) is 35.6. The van der Waals surface area contributed by atoms with Gasteiger partial charge in [0.2, 0.25) is 0 Å². The molecule has 0 rings (SSSR count). The average Bonchev–Trinajstić information content (AvgIpc) is 3.36. The van der Waals surface area contributed by atoms with Gasteiger partial charge < -0.3 is 28.5 Å². The van der Waals surface area contributed by atoms with E-state index in [1.165, 1.54) is 128 Å². The van der Waals surface area contributed by atoms with E-state index in [0.29, 0.717) is 23.9 Å². The quantitative estimate of drug-likeness (QED) is 0.0211. The number of hydrogen-bond donors (Lipinski definition) is 1. The van der Waals surface area contributed by atoms with Crippen molar-refractivity contribution in [3.05, 3.63) is 85.1 Å². The summed E-state index contributed by atoms with van der Waals surface area (Å²) in [6.07, 6.45) is 69.5. The zero-order chi connectivity index (χ0) is 53.4. The van der Waals surface area contributed by atoms with E-state index < -0.39 is 24.3 Å². The molecular weight excluding hydrogens is 911 g/mol. The first-order valence-electron chi connectivity index (χ1n) is 29.8. The van der Waals surface area contributed by atoms with E-state index in [2.05, 4.69) is 98.9 Å². The molecule has 9 nitrogen and oxygen atoms in total. The van der Waals surface area contributed by atoms with Gasteiger partial charge in [-0.3, -0.25) is 9.59 Å². The summed E-state index contributed by atoms with van der Waals surface area (Å²) in [7, 11) is 5.96. The first-order valence-corrected chi connectivity index (χ1v) is 29.8. The highest BCUT2D eigenvalue weighted by Gasteiger charge is 2.25. The van der Waals surface area contributed by atoms with Crippen molar-refractivity contribution < 1.29 is 42.9 Å². The van der Waals surface area contributed by atoms with Crippen molar-refractivity contribution in [1.82, 2.24) is 0 Å². The molecule has 0 radical (unpaired) electrons. The molecule has 0 heterocycles. The smallest absolute Gasteiger partial charge is 0.361 e. The highest BCUT2D eigenvalue weighted by atomic mass is 16.7. The Labute approximate surface area is 449 Å². The Bertz CT molecular complexity index is 1470. The molecule has 0 fully saturated rings. The SMILES string of the molecule is CC/C=C\C/C=C\C/C=C\C/C=C\C/C=C\C/C=C\CCCCCCC(=O)OC(COC(=O)CCCCCCCCCCCCCCC/C=C\CCCCCCCCCC)COC(OCC[N+](C)(C)C)C(=O)O. The van der Waals surface area contributed by atoms with Gasteiger partial charge in [0.15, 0.2) is 6.10 Å². The normalized spacial score (nSPS) is 13.4. The van der Waals surface area contributed by atoms with E-state index >= 15 is 0 Å². The van der Waals surface area contributed by atoms with E-state index in [0.717, 1.165) is 83.5 Å². The topological polar surface area (TPSA) is 108 Å². The van der Waals surface area contributed by atoms with Crippen LogP contribution < -0.4 is 0 Å². The predicted octanol–water partition coefficient (Wildman–Crippen LogP) is 17.6. The van der Waals surface area contributed by atoms with Gasteiger partial charge >= 0.3 is 17.9 Å². The molecule has 0 bridgehead atoms. The zero-order valence-electron chi connectivity index (χ0n) is 47.8. The highest BCUT2D eigenvalue weighted by molar-refractivity contribution is 5.71. The minimum absolute atomic E-state index is 0.179. The number of allylic oxidation sites excluding steroid dienone is 14. The molecule has 2 unspecified atom stereocenters. The number of nitrogens with zero attached hydrogens (tertiary/aromatic N) is 1. The molecular formula is C64H112NO8+. The lowest BCUT2D eigenvalue weighted by molar-refractivity contribution is -0.870. The largest absolute Gasteiger partial charge is 0.477 e. The molecule has 0 aliphatic carbocycles. The third kappa shape index (κ3) is 56.0. The molecule has 9 heteroatoms. The molecule has 0 spiro atoms. The van der Waals surface area contributed by atoms with Crippen LogP contribution in [0.5, 0.6) is 0 Å². The second-order valence-electron chi connectivity index (χ2n) is 20.9. The molecule has 0 aromatic carbocycles. The predicted molar refractivity (Wildman–Crippen MR) is 309 cm³/mol. The van der Waals surface area contributed by atoms with Crippen molar-refractivity contribution in [2.24, 2.45) is 0 Å². The summed E-state index contributed by atoms with van der Waals surface area (Å²) in [5.41, 5.74) is 0. The Balaban J connectivity index is 4.29. The van der Waals surface area contributed by atoms with Crippen LogP contribution in [0.2, 0.25) is 0 Å². The summed E-state index contributed by atoms with van der Waals surface area (Å²) >= 11 is 0. The maximum Gasteiger partial charge on any atom is 0.361 e. The second kappa shape index (κ2) is 54.7. The van der Waals surface area contributed by atoms with Gasteiger partial charge in [-0.05, 0) is 89.9 Å². The van der Waals surface area contributed by atoms with Crippen molar-refractivity contribution >= 4 is 17.9 Å². The van der Waals surface area contributed by atoms with Gasteiger partial charge in [0.25, 0.3) is 6.29 Å². The van der Waals surface area contributed by atoms with Crippen molar-refractivity contribution in [2.45, 2.75) is 257 Å². The number of hydrogen-bond acceptors (Lipinski definition) is 7. The molecule has 0 saturated carbocycles. The summed E-state index contributed by atoms with van der Waals surface area (Å²) < 4.78 is 22.9. The van der Waals surface area contributed by atoms with Gasteiger partial charge in [0, 0.05) is 12.8 Å². The van der Waals surface area contributed by atoms with Crippen LogP contribution in [-0.2, 0) is 33.3 Å². The molecule has 1 N–H and O–H groups in total. The van der Waals surface area contributed by atoms with Crippen LogP contribution in [-0.4, -0.2) is 87.4 Å². The van der Waals surface area contributed by atoms with Crippen molar-refractivity contribution in [3.63, 3.8) is 0 Å². The van der Waals surface area contributed by atoms with Crippen molar-refractivity contribution in [3.8, 4) is 0 Å². The Morgan fingerprint density at radius 2 is 0.781 bits per heavy atom. The summed E-state index contributed by atoms with van der Waals surface area (Å²) in [4.78, 5) is 37.4. The van der Waals surface area contributed by atoms with Crippen LogP contribution in [0.1, 0.15) is 245 Å². The number of carboxylic acid groups (broad SMARTS) is 1. The van der Waals surface area contributed by atoms with E-state index in [9.17, 15) is 19.5 Å². The van der Waals surface area contributed by atoms with Gasteiger partial charge in [-0.1, -0.05) is 227 Å². The number of unbranched alkanes of at least 4 members (excludes halogenated alkanes) is 25. The lowest BCUT2D eigenvalue weighted by Crippen LogP contribution is -2.40. The summed E-state index contributed by atoms with van der Waals surface area (Å²) in [6.45, 7) is 4.74. The molecule has 0 aliphatic rings. The maximum absolute atomic E-state index is 12.9. The van der Waals surface area contributed by atoms with Crippen LogP contribution in [0.3, 0.4) is 0 Å². The second-order valence-corrected chi connectivity index (χ2v) is 20.9. The molecule has 2 atom stereocenters. The van der Waals surface area contributed by atoms with Crippen LogP contribution in [0.4, 0.5) is 0 Å². The fourth-order valence-corrected chi connectivity index (χ4v) is 8.07. The summed E-state index contributed by atoms with van der Waals surface area (Å²) in [5.74, 6) is -2.04. The van der Waals surface area contributed by atoms with Gasteiger partial charge in [-0.25, -0.2) is 4.79 Å². The van der Waals surface area contributed by atoms with Gasteiger partial charge in [0.05, 0.1) is 34.4 Å². The van der Waals surface area contributed by atoms with E-state index in [4.69, 9.17) is 18.9 Å². The molecule has 0 aromatic heterocycles. The van der Waals surface area contributed by atoms with E-state index in [1.54, 1.807) is 0 Å². The van der Waals surface area contributed by atoms with Crippen LogP contribution >= 0.6 is 0 Å². The summed E-state index contributed by atoms with van der Waals surface area (Å²) in [5, 5.41) is 9.71. The minimum Gasteiger partial charge on any atom is -0.477 e. The van der Waals surface area contributed by atoms with Crippen LogP contribution in [0, 0.1) is 0 Å². The van der Waals surface area contributed by atoms with Crippen LogP contribution in [0.15, 0.2) is 85.1 Å². The Morgan fingerprint density at radius 3 is 1.18 bits per heavy atom. The Kier molecular flexibility index (Phi) is 52.1. The number of aliphatic carboxylic acids is 1. The average molecular weight is 1020 g/mol. The lowest BCUT2D eigenvalue weighted by Gasteiger charge is -2.25. The number of carboxylic acids is 1. The number of rotatable bonds is 54. The maximum atomic E-state index is 12.9. The number of ether oxygens (including phenoxy) is 4. The number of carbonyl (C=O) groups excluding carboxylic acids is 2. The van der Waals surface area contributed by atoms with E-state index in [-0.39, 0.29) is 32.2 Å². The number of quaternary nitrogens is 1. The van der Waals surface area contributed by atoms with Gasteiger partial charge in [-0.2, -0.15) is 0 Å². The zero-order valence-corrected chi connectivity index (χ0v) is 47.8. The first kappa shape index (κ1) is 69.5. The lowest BCUT2D eigenvalue weighted by atomic mass is 10.0.